The summed E-state index contributed by atoms with van der Waals surface area (Å²) in [5.41, 5.74) is 6.32. The van der Waals surface area contributed by atoms with Crippen molar-refractivity contribution in [3.05, 3.63) is 215 Å². The standard InChI is InChI=1S/C46H34O2.Al.ClH/c47-45-39(41(31-17-5-1-6-18-31)32-19-7-2-8-20-32)29-35-25-13-15-27-37(35)43(45)44-38-28-16-14-26-36(38)30-40(46(44)48)42(33-21-9-3-10-22-33)34-23-11-4-12-24-34;;/h1-30,41-42,47-48H;;1H/q;+3;/p-3. The van der Waals surface area contributed by atoms with Crippen LogP contribution >= 0.6 is 0 Å². The number of fused-ring (bicyclic) bond motifs is 2. The first kappa shape index (κ1) is 34.6. The molecule has 0 N–H and O–H groups in total. The van der Waals surface area contributed by atoms with E-state index in [0.29, 0.717) is 22.3 Å². The molecule has 0 saturated carbocycles. The van der Waals surface area contributed by atoms with Crippen molar-refractivity contribution in [3.8, 4) is 22.6 Å². The van der Waals surface area contributed by atoms with E-state index >= 15 is 10.2 Å². The summed E-state index contributed by atoms with van der Waals surface area (Å²) in [5, 5.41) is 33.9. The van der Waals surface area contributed by atoms with Crippen LogP contribution in [-0.2, 0) is 0 Å². The molecule has 0 heterocycles. The minimum atomic E-state index is -0.311. The average molecular weight is 679 g/mol. The van der Waals surface area contributed by atoms with Crippen LogP contribution < -0.4 is 22.6 Å². The molecule has 8 rings (SSSR count). The summed E-state index contributed by atoms with van der Waals surface area (Å²) < 4.78 is 0. The van der Waals surface area contributed by atoms with Crippen molar-refractivity contribution in [2.75, 3.05) is 0 Å². The fraction of sp³-hybridized carbons (Fsp3) is 0.0435. The first-order valence-corrected chi connectivity index (χ1v) is 16.3. The normalized spacial score (nSPS) is 11.0. The van der Waals surface area contributed by atoms with Crippen LogP contribution in [0.4, 0.5) is 0 Å². The van der Waals surface area contributed by atoms with Gasteiger partial charge in [0.25, 0.3) is 0 Å². The Morgan fingerprint density at radius 1 is 0.340 bits per heavy atom. The third kappa shape index (κ3) is 6.28. The van der Waals surface area contributed by atoms with Gasteiger partial charge < -0.3 is 22.6 Å². The zero-order valence-electron chi connectivity index (χ0n) is 27.2. The van der Waals surface area contributed by atoms with E-state index in [1.807, 2.05) is 133 Å². The Bertz CT molecular complexity index is 2110. The fourth-order valence-corrected chi connectivity index (χ4v) is 7.31. The Morgan fingerprint density at radius 3 is 0.900 bits per heavy atom. The summed E-state index contributed by atoms with van der Waals surface area (Å²) in [4.78, 5) is 0. The Morgan fingerprint density at radius 2 is 0.600 bits per heavy atom. The molecule has 0 saturated heterocycles. The molecule has 4 heteroatoms. The molecule has 0 aliphatic rings. The maximum absolute atomic E-state index is 15.2. The summed E-state index contributed by atoms with van der Waals surface area (Å²) in [6, 6.07) is 60.6. The topological polar surface area (TPSA) is 46.1 Å². The molecule has 2 nitrogen and oxygen atoms in total. The summed E-state index contributed by atoms with van der Waals surface area (Å²) in [6.07, 6.45) is 0. The van der Waals surface area contributed by atoms with Gasteiger partial charge in [-0.1, -0.05) is 193 Å². The van der Waals surface area contributed by atoms with Crippen molar-refractivity contribution in [1.29, 1.82) is 0 Å². The largest absolute Gasteiger partial charge is 3.00 e. The second kappa shape index (κ2) is 15.1. The zero-order valence-corrected chi connectivity index (χ0v) is 29.2. The molecule has 8 aromatic rings. The zero-order chi connectivity index (χ0) is 32.5. The second-order valence-electron chi connectivity index (χ2n) is 12.3. The summed E-state index contributed by atoms with van der Waals surface area (Å²) >= 11 is 0. The molecule has 0 fully saturated rings. The Hall–Kier alpha value is -5.30. The molecule has 0 atom stereocenters. The van der Waals surface area contributed by atoms with Gasteiger partial charge in [0, 0.05) is 11.8 Å². The SMILES string of the molecule is [Al+3].[Cl-].[O-]c1c(C(c2ccccc2)c2ccccc2)cc2ccccc2c1-c1c([O-])c(C(c2ccccc2)c2ccccc2)cc2ccccc12. The molecule has 8 aromatic carbocycles. The van der Waals surface area contributed by atoms with Gasteiger partial charge in [-0.2, -0.15) is 0 Å². The van der Waals surface area contributed by atoms with E-state index in [9.17, 15) is 0 Å². The number of hydrogen-bond acceptors (Lipinski definition) is 2. The quantitative estimate of drug-likeness (QED) is 0.138. The van der Waals surface area contributed by atoms with E-state index in [-0.39, 0.29) is 53.1 Å². The molecular formula is C46H32AlClO2. The van der Waals surface area contributed by atoms with Gasteiger partial charge in [-0.25, -0.2) is 0 Å². The number of benzene rings is 8. The van der Waals surface area contributed by atoms with Crippen LogP contribution in [0.1, 0.15) is 45.2 Å². The molecule has 0 bridgehead atoms. The summed E-state index contributed by atoms with van der Waals surface area (Å²) in [6.45, 7) is 0. The number of rotatable bonds is 7. The third-order valence-electron chi connectivity index (χ3n) is 9.46. The molecule has 50 heavy (non-hydrogen) atoms. The Kier molecular flexibility index (Phi) is 10.4. The van der Waals surface area contributed by atoms with Gasteiger partial charge in [-0.3, -0.25) is 0 Å². The van der Waals surface area contributed by atoms with E-state index in [1.54, 1.807) is 0 Å². The molecular weight excluding hydrogens is 647 g/mol. The Labute approximate surface area is 309 Å². The maximum Gasteiger partial charge on any atom is 3.00 e. The summed E-state index contributed by atoms with van der Waals surface area (Å²) in [5.74, 6) is -0.869. The van der Waals surface area contributed by atoms with Crippen LogP contribution in [0.25, 0.3) is 32.7 Å². The molecule has 0 spiro atoms. The predicted molar refractivity (Wildman–Crippen MR) is 199 cm³/mol. The molecule has 238 valence electrons. The van der Waals surface area contributed by atoms with E-state index in [1.165, 1.54) is 0 Å². The molecule has 0 unspecified atom stereocenters. The molecule has 0 aromatic heterocycles. The first-order chi connectivity index (χ1) is 23.7. The van der Waals surface area contributed by atoms with Gasteiger partial charge in [0.2, 0.25) is 0 Å². The number of halogens is 1. The molecule has 0 aliphatic heterocycles. The van der Waals surface area contributed by atoms with Crippen LogP contribution in [0.5, 0.6) is 11.5 Å². The van der Waals surface area contributed by atoms with Crippen LogP contribution in [-0.4, -0.2) is 17.4 Å². The molecule has 0 aliphatic carbocycles. The predicted octanol–water partition coefficient (Wildman–Crippen LogP) is 6.79. The van der Waals surface area contributed by atoms with Crippen LogP contribution in [0.2, 0.25) is 0 Å². The van der Waals surface area contributed by atoms with Crippen molar-refractivity contribution in [2.24, 2.45) is 0 Å². The maximum atomic E-state index is 15.2. The molecule has 0 amide bonds. The average Bonchev–Trinajstić information content (AvgIpc) is 3.15. The molecule has 0 radical (unpaired) electrons. The van der Waals surface area contributed by atoms with Gasteiger partial charge in [0.05, 0.1) is 0 Å². The fourth-order valence-electron chi connectivity index (χ4n) is 7.31. The van der Waals surface area contributed by atoms with Gasteiger partial charge in [-0.15, -0.1) is 0 Å². The van der Waals surface area contributed by atoms with E-state index in [2.05, 4.69) is 48.5 Å². The number of hydrogen-bond donors (Lipinski definition) is 0. The Balaban J connectivity index is 0.00000216. The smallest absolute Gasteiger partial charge is 1.00 e. The van der Waals surface area contributed by atoms with E-state index in [4.69, 9.17) is 0 Å². The van der Waals surface area contributed by atoms with Crippen molar-refractivity contribution < 1.29 is 22.6 Å². The minimum Gasteiger partial charge on any atom is -1.00 e. The van der Waals surface area contributed by atoms with Gasteiger partial charge in [0.1, 0.15) is 0 Å². The van der Waals surface area contributed by atoms with E-state index in [0.717, 1.165) is 43.8 Å². The van der Waals surface area contributed by atoms with Gasteiger partial charge >= 0.3 is 17.4 Å². The van der Waals surface area contributed by atoms with Crippen molar-refractivity contribution in [1.82, 2.24) is 0 Å². The third-order valence-corrected chi connectivity index (χ3v) is 9.46. The van der Waals surface area contributed by atoms with Crippen molar-refractivity contribution in [2.45, 2.75) is 11.8 Å². The van der Waals surface area contributed by atoms with Gasteiger partial charge in [-0.05, 0) is 66.1 Å². The second-order valence-corrected chi connectivity index (χ2v) is 12.3. The monoisotopic (exact) mass is 678 g/mol. The van der Waals surface area contributed by atoms with Crippen LogP contribution in [0, 0.1) is 0 Å². The van der Waals surface area contributed by atoms with Crippen LogP contribution in [0.15, 0.2) is 182 Å². The first-order valence-electron chi connectivity index (χ1n) is 16.3. The van der Waals surface area contributed by atoms with E-state index < -0.39 is 0 Å². The summed E-state index contributed by atoms with van der Waals surface area (Å²) in [7, 11) is 0. The van der Waals surface area contributed by atoms with Crippen molar-refractivity contribution >= 4 is 38.9 Å². The minimum absolute atomic E-state index is 0. The van der Waals surface area contributed by atoms with Crippen LogP contribution in [0.3, 0.4) is 0 Å². The van der Waals surface area contributed by atoms with Gasteiger partial charge in [0.15, 0.2) is 0 Å². The van der Waals surface area contributed by atoms with Crippen molar-refractivity contribution in [3.63, 3.8) is 0 Å².